The van der Waals surface area contributed by atoms with E-state index in [9.17, 15) is 4.79 Å². The summed E-state index contributed by atoms with van der Waals surface area (Å²) >= 11 is 0. The molecule has 1 unspecified atom stereocenters. The number of rotatable bonds is 4. The van der Waals surface area contributed by atoms with E-state index in [2.05, 4.69) is 9.97 Å². The van der Waals surface area contributed by atoms with E-state index < -0.39 is 0 Å². The zero-order valence-corrected chi connectivity index (χ0v) is 12.8. The molecule has 5 nitrogen and oxygen atoms in total. The van der Waals surface area contributed by atoms with E-state index in [-0.39, 0.29) is 12.0 Å². The monoisotopic (exact) mass is 289 g/mol. The maximum absolute atomic E-state index is 12.2. The van der Waals surface area contributed by atoms with Gasteiger partial charge in [-0.15, -0.1) is 0 Å². The molecule has 0 radical (unpaired) electrons. The van der Waals surface area contributed by atoms with E-state index in [1.807, 2.05) is 24.8 Å². The first-order valence-corrected chi connectivity index (χ1v) is 7.87. The molecule has 1 aromatic rings. The number of carbonyl (C=O) groups is 1. The highest BCUT2D eigenvalue weighted by Gasteiger charge is 2.30. The third-order valence-corrected chi connectivity index (χ3v) is 4.12. The molecule has 0 aromatic carbocycles. The number of nitrogens with zero attached hydrogens (tertiary/aromatic N) is 3. The molecule has 2 fully saturated rings. The van der Waals surface area contributed by atoms with Crippen molar-refractivity contribution in [3.8, 4) is 6.01 Å². The van der Waals surface area contributed by atoms with Gasteiger partial charge in [-0.25, -0.2) is 9.97 Å². The number of likely N-dealkylation sites (tertiary alicyclic amines) is 1. The summed E-state index contributed by atoms with van der Waals surface area (Å²) in [5, 5.41) is 0. The molecule has 0 bridgehead atoms. The maximum Gasteiger partial charge on any atom is 0.317 e. The fourth-order valence-corrected chi connectivity index (χ4v) is 2.85. The van der Waals surface area contributed by atoms with Gasteiger partial charge in [0.25, 0.3) is 0 Å². The van der Waals surface area contributed by atoms with Crippen LogP contribution < -0.4 is 4.74 Å². The molecular formula is C16H23N3O2. The van der Waals surface area contributed by atoms with Gasteiger partial charge in [-0.1, -0.05) is 0 Å². The SMILES string of the molecule is Cc1cc(C)nc(OC2CCCN(C(=O)CC3CC3)C2)n1. The topological polar surface area (TPSA) is 55.3 Å². The van der Waals surface area contributed by atoms with Crippen LogP contribution in [0.3, 0.4) is 0 Å². The van der Waals surface area contributed by atoms with Gasteiger partial charge in [-0.3, -0.25) is 4.79 Å². The third-order valence-electron chi connectivity index (χ3n) is 4.12. The zero-order valence-electron chi connectivity index (χ0n) is 12.8. The lowest BCUT2D eigenvalue weighted by atomic mass is 10.1. The van der Waals surface area contributed by atoms with Gasteiger partial charge in [0.15, 0.2) is 0 Å². The van der Waals surface area contributed by atoms with Crippen molar-refractivity contribution < 1.29 is 9.53 Å². The predicted octanol–water partition coefficient (Wildman–Crippen LogP) is 2.26. The van der Waals surface area contributed by atoms with Crippen LogP contribution in [0.2, 0.25) is 0 Å². The predicted molar refractivity (Wildman–Crippen MR) is 79.1 cm³/mol. The van der Waals surface area contributed by atoms with Gasteiger partial charge in [-0.05, 0) is 51.5 Å². The van der Waals surface area contributed by atoms with Crippen LogP contribution in [0.5, 0.6) is 6.01 Å². The summed E-state index contributed by atoms with van der Waals surface area (Å²) in [5.74, 6) is 0.925. The molecule has 1 aliphatic heterocycles. The Bertz CT molecular complexity index is 508. The second-order valence-corrected chi connectivity index (χ2v) is 6.30. The van der Waals surface area contributed by atoms with Crippen molar-refractivity contribution in [1.29, 1.82) is 0 Å². The minimum Gasteiger partial charge on any atom is -0.458 e. The molecule has 114 valence electrons. The molecule has 2 aliphatic rings. The van der Waals surface area contributed by atoms with Crippen LogP contribution in [0, 0.1) is 19.8 Å². The quantitative estimate of drug-likeness (QED) is 0.853. The molecule has 0 N–H and O–H groups in total. The lowest BCUT2D eigenvalue weighted by molar-refractivity contribution is -0.134. The van der Waals surface area contributed by atoms with Crippen molar-refractivity contribution in [3.63, 3.8) is 0 Å². The Hall–Kier alpha value is -1.65. The summed E-state index contributed by atoms with van der Waals surface area (Å²) in [6, 6.07) is 2.37. The van der Waals surface area contributed by atoms with Crippen LogP contribution in [0.15, 0.2) is 6.07 Å². The Morgan fingerprint density at radius 2 is 2.00 bits per heavy atom. The van der Waals surface area contributed by atoms with Crippen LogP contribution in [0.4, 0.5) is 0 Å². The van der Waals surface area contributed by atoms with Crippen molar-refractivity contribution in [1.82, 2.24) is 14.9 Å². The van der Waals surface area contributed by atoms with Gasteiger partial charge in [0.05, 0.1) is 6.54 Å². The van der Waals surface area contributed by atoms with E-state index in [0.29, 0.717) is 24.9 Å². The van der Waals surface area contributed by atoms with Gasteiger partial charge in [0.2, 0.25) is 5.91 Å². The second-order valence-electron chi connectivity index (χ2n) is 6.30. The fraction of sp³-hybridized carbons (Fsp3) is 0.688. The first kappa shape index (κ1) is 14.3. The Morgan fingerprint density at radius 1 is 1.29 bits per heavy atom. The third kappa shape index (κ3) is 3.93. The van der Waals surface area contributed by atoms with Crippen molar-refractivity contribution in [2.75, 3.05) is 13.1 Å². The largest absolute Gasteiger partial charge is 0.458 e. The normalized spacial score (nSPS) is 22.2. The average Bonchev–Trinajstić information content (AvgIpc) is 3.21. The summed E-state index contributed by atoms with van der Waals surface area (Å²) < 4.78 is 5.90. The molecule has 1 saturated carbocycles. The number of amides is 1. The lowest BCUT2D eigenvalue weighted by Crippen LogP contribution is -2.44. The van der Waals surface area contributed by atoms with E-state index in [0.717, 1.165) is 30.8 Å². The van der Waals surface area contributed by atoms with Gasteiger partial charge in [0.1, 0.15) is 6.10 Å². The molecule has 1 atom stereocenters. The summed E-state index contributed by atoms with van der Waals surface area (Å²) in [4.78, 5) is 22.8. The molecule has 1 amide bonds. The number of aryl methyl sites for hydroxylation is 2. The molecule has 0 spiro atoms. The number of carbonyl (C=O) groups excluding carboxylic acids is 1. The minimum absolute atomic E-state index is 0.0168. The smallest absolute Gasteiger partial charge is 0.317 e. The van der Waals surface area contributed by atoms with E-state index in [1.165, 1.54) is 12.8 Å². The van der Waals surface area contributed by atoms with Crippen LogP contribution in [-0.4, -0.2) is 40.0 Å². The Morgan fingerprint density at radius 3 is 2.67 bits per heavy atom. The number of piperidine rings is 1. The summed E-state index contributed by atoms with van der Waals surface area (Å²) in [6.07, 6.45) is 5.12. The van der Waals surface area contributed by atoms with Crippen molar-refractivity contribution in [2.45, 2.75) is 52.1 Å². The molecule has 1 saturated heterocycles. The highest BCUT2D eigenvalue weighted by atomic mass is 16.5. The zero-order chi connectivity index (χ0) is 14.8. The van der Waals surface area contributed by atoms with Crippen LogP contribution in [-0.2, 0) is 4.79 Å². The number of hydrogen-bond acceptors (Lipinski definition) is 4. The Balaban J connectivity index is 1.58. The Labute approximate surface area is 125 Å². The van der Waals surface area contributed by atoms with Crippen LogP contribution in [0.25, 0.3) is 0 Å². The van der Waals surface area contributed by atoms with E-state index in [4.69, 9.17) is 4.74 Å². The summed E-state index contributed by atoms with van der Waals surface area (Å²) in [6.45, 7) is 5.41. The van der Waals surface area contributed by atoms with E-state index in [1.54, 1.807) is 0 Å². The summed E-state index contributed by atoms with van der Waals surface area (Å²) in [5.41, 5.74) is 1.82. The number of hydrogen-bond donors (Lipinski definition) is 0. The van der Waals surface area contributed by atoms with Gasteiger partial charge < -0.3 is 9.64 Å². The van der Waals surface area contributed by atoms with Gasteiger partial charge in [0, 0.05) is 24.4 Å². The minimum atomic E-state index is 0.0168. The molecule has 21 heavy (non-hydrogen) atoms. The standard InChI is InChI=1S/C16H23N3O2/c1-11-8-12(2)18-16(17-11)21-14-4-3-7-19(10-14)15(20)9-13-5-6-13/h8,13-14H,3-7,9-10H2,1-2H3. The lowest BCUT2D eigenvalue weighted by Gasteiger charge is -2.32. The molecule has 5 heteroatoms. The Kier molecular flexibility index (Phi) is 4.08. The van der Waals surface area contributed by atoms with E-state index >= 15 is 0 Å². The summed E-state index contributed by atoms with van der Waals surface area (Å²) in [7, 11) is 0. The number of aromatic nitrogens is 2. The van der Waals surface area contributed by atoms with Gasteiger partial charge >= 0.3 is 6.01 Å². The van der Waals surface area contributed by atoms with Gasteiger partial charge in [-0.2, -0.15) is 0 Å². The van der Waals surface area contributed by atoms with Crippen molar-refractivity contribution >= 4 is 5.91 Å². The van der Waals surface area contributed by atoms with Crippen LogP contribution in [0.1, 0.15) is 43.5 Å². The second kappa shape index (κ2) is 6.00. The van der Waals surface area contributed by atoms with Crippen molar-refractivity contribution in [3.05, 3.63) is 17.5 Å². The fourth-order valence-electron chi connectivity index (χ4n) is 2.85. The molecule has 1 aliphatic carbocycles. The first-order valence-electron chi connectivity index (χ1n) is 7.87. The molecule has 3 rings (SSSR count). The highest BCUT2D eigenvalue weighted by molar-refractivity contribution is 5.76. The maximum atomic E-state index is 12.2. The molecule has 2 heterocycles. The average molecular weight is 289 g/mol. The molecular weight excluding hydrogens is 266 g/mol. The molecule has 1 aromatic heterocycles. The first-order chi connectivity index (χ1) is 10.1. The number of ether oxygens (including phenoxy) is 1. The highest BCUT2D eigenvalue weighted by Crippen LogP contribution is 2.33. The van der Waals surface area contributed by atoms with Crippen LogP contribution >= 0.6 is 0 Å². The van der Waals surface area contributed by atoms with Crippen molar-refractivity contribution in [2.24, 2.45) is 5.92 Å².